The summed E-state index contributed by atoms with van der Waals surface area (Å²) in [6, 6.07) is 7.71. The fraction of sp³-hybridized carbons (Fsp3) is 0.429. The molecule has 0 bridgehead atoms. The fourth-order valence-corrected chi connectivity index (χ4v) is 3.64. The summed E-state index contributed by atoms with van der Waals surface area (Å²) in [5.41, 5.74) is -0.385. The van der Waals surface area contributed by atoms with Crippen LogP contribution in [0.5, 0.6) is 5.75 Å². The van der Waals surface area contributed by atoms with Crippen molar-refractivity contribution in [3.05, 3.63) is 46.1 Å². The van der Waals surface area contributed by atoms with Crippen molar-refractivity contribution < 1.29 is 14.6 Å². The van der Waals surface area contributed by atoms with Gasteiger partial charge in [0.1, 0.15) is 23.9 Å². The highest BCUT2D eigenvalue weighted by Crippen LogP contribution is 2.33. The number of hydrogen-bond acceptors (Lipinski definition) is 7. The van der Waals surface area contributed by atoms with Crippen LogP contribution in [0.2, 0.25) is 0 Å². The molecule has 1 aliphatic rings. The number of pyridine rings is 1. The van der Waals surface area contributed by atoms with Crippen LogP contribution >= 0.6 is 0 Å². The van der Waals surface area contributed by atoms with E-state index < -0.39 is 11.7 Å². The molecule has 1 amide bonds. The quantitative estimate of drug-likeness (QED) is 0.793. The molecule has 160 valence electrons. The van der Waals surface area contributed by atoms with Gasteiger partial charge in [0, 0.05) is 25.4 Å². The number of ether oxygens (including phenoxy) is 1. The zero-order valence-corrected chi connectivity index (χ0v) is 17.4. The fourth-order valence-electron chi connectivity index (χ4n) is 3.64. The summed E-state index contributed by atoms with van der Waals surface area (Å²) in [5, 5.41) is 32.0. The molecule has 1 fully saturated rings. The van der Waals surface area contributed by atoms with Gasteiger partial charge in [0.2, 0.25) is 5.69 Å². The van der Waals surface area contributed by atoms with Crippen LogP contribution in [0.3, 0.4) is 0 Å². The number of rotatable bonds is 3. The van der Waals surface area contributed by atoms with Gasteiger partial charge in [-0.1, -0.05) is 20.8 Å². The minimum atomic E-state index is -0.976. The monoisotopic (exact) mass is 422 g/mol. The molecule has 1 aliphatic heterocycles. The second kappa shape index (κ2) is 8.44. The van der Waals surface area contributed by atoms with E-state index in [1.54, 1.807) is 0 Å². The first-order valence-corrected chi connectivity index (χ1v) is 9.71. The van der Waals surface area contributed by atoms with E-state index in [1.165, 1.54) is 29.3 Å². The highest BCUT2D eigenvalue weighted by Gasteiger charge is 2.39. The van der Waals surface area contributed by atoms with Crippen molar-refractivity contribution in [2.24, 2.45) is 5.41 Å². The molecule has 10 nitrogen and oxygen atoms in total. The number of hydrogen-bond donors (Lipinski definition) is 1. The number of nitriles is 2. The van der Waals surface area contributed by atoms with Crippen LogP contribution in [0, 0.1) is 28.1 Å². The van der Waals surface area contributed by atoms with Gasteiger partial charge in [-0.25, -0.2) is 9.78 Å². The average molecular weight is 422 g/mol. The van der Waals surface area contributed by atoms with Crippen molar-refractivity contribution in [1.29, 1.82) is 10.5 Å². The maximum atomic E-state index is 12.6. The number of piperidine rings is 1. The molecule has 3 heterocycles. The lowest BCUT2D eigenvalue weighted by Crippen LogP contribution is -2.53. The molecule has 31 heavy (non-hydrogen) atoms. The Hall–Kier alpha value is -3.92. The zero-order chi connectivity index (χ0) is 22.8. The Morgan fingerprint density at radius 2 is 2.03 bits per heavy atom. The van der Waals surface area contributed by atoms with Crippen LogP contribution in [0.4, 0.5) is 4.79 Å². The third-order valence-corrected chi connectivity index (χ3v) is 5.20. The van der Waals surface area contributed by atoms with Crippen molar-refractivity contribution >= 4 is 6.09 Å². The largest absolute Gasteiger partial charge is 0.487 e. The molecular formula is C21H22N6O4. The van der Waals surface area contributed by atoms with E-state index in [0.717, 1.165) is 4.68 Å². The van der Waals surface area contributed by atoms with Gasteiger partial charge >= 0.3 is 6.09 Å². The van der Waals surface area contributed by atoms with E-state index in [0.29, 0.717) is 25.1 Å². The van der Waals surface area contributed by atoms with E-state index >= 15 is 0 Å². The second-order valence-corrected chi connectivity index (χ2v) is 8.35. The lowest BCUT2D eigenvalue weighted by atomic mass is 9.80. The normalized spacial score (nSPS) is 18.7. The number of nitrogens with zero attached hydrogens (tertiary/aromatic N) is 6. The van der Waals surface area contributed by atoms with Crippen molar-refractivity contribution in [3.8, 4) is 23.6 Å². The molecule has 1 saturated heterocycles. The van der Waals surface area contributed by atoms with Crippen LogP contribution in [0.15, 0.2) is 29.2 Å². The minimum absolute atomic E-state index is 0.0618. The molecule has 0 aromatic carbocycles. The number of aromatic nitrogens is 3. The van der Waals surface area contributed by atoms with Crippen molar-refractivity contribution in [3.63, 3.8) is 0 Å². The van der Waals surface area contributed by atoms with Gasteiger partial charge in [-0.15, -0.1) is 5.10 Å². The molecule has 0 spiro atoms. The minimum Gasteiger partial charge on any atom is -0.487 e. The molecular weight excluding hydrogens is 400 g/mol. The standard InChI is InChI=1S/C21H22N6O4/c1-21(2,3)18-8-15(6-7-26(18)20(29)30)31-17-9-19(28)27(25-16(17)11-23)14-5-4-13(10-22)24-12-14/h4-5,9,12,15,18H,6-8H2,1-3H3,(H,29,30). The van der Waals surface area contributed by atoms with Crippen LogP contribution in [-0.2, 0) is 0 Å². The molecule has 2 unspecified atom stereocenters. The summed E-state index contributed by atoms with van der Waals surface area (Å²) in [4.78, 5) is 29.5. The first-order valence-electron chi connectivity index (χ1n) is 9.71. The van der Waals surface area contributed by atoms with E-state index in [9.17, 15) is 20.0 Å². The van der Waals surface area contributed by atoms with Gasteiger partial charge in [-0.3, -0.25) is 4.79 Å². The van der Waals surface area contributed by atoms with Crippen LogP contribution < -0.4 is 10.3 Å². The Bertz CT molecular complexity index is 1120. The third-order valence-electron chi connectivity index (χ3n) is 5.20. The maximum Gasteiger partial charge on any atom is 0.407 e. The van der Waals surface area contributed by atoms with E-state index in [-0.39, 0.29) is 34.7 Å². The van der Waals surface area contributed by atoms with E-state index in [1.807, 2.05) is 32.9 Å². The predicted octanol–water partition coefficient (Wildman–Crippen LogP) is 2.31. The molecule has 0 saturated carbocycles. The summed E-state index contributed by atoms with van der Waals surface area (Å²) in [5.74, 6) is 0.0618. The van der Waals surface area contributed by atoms with Crippen LogP contribution in [-0.4, -0.2) is 49.6 Å². The van der Waals surface area contributed by atoms with Crippen molar-refractivity contribution in [2.75, 3.05) is 6.54 Å². The Labute approximate surface area is 178 Å². The highest BCUT2D eigenvalue weighted by molar-refractivity contribution is 5.65. The van der Waals surface area contributed by atoms with Crippen molar-refractivity contribution in [1.82, 2.24) is 19.7 Å². The first kappa shape index (κ1) is 21.8. The Balaban J connectivity index is 1.87. The molecule has 3 rings (SSSR count). The highest BCUT2D eigenvalue weighted by atomic mass is 16.5. The van der Waals surface area contributed by atoms with Gasteiger partial charge in [0.25, 0.3) is 5.56 Å². The summed E-state index contributed by atoms with van der Waals surface area (Å²) < 4.78 is 6.98. The third kappa shape index (κ3) is 4.64. The summed E-state index contributed by atoms with van der Waals surface area (Å²) >= 11 is 0. The summed E-state index contributed by atoms with van der Waals surface area (Å²) in [7, 11) is 0. The number of amides is 1. The molecule has 0 radical (unpaired) electrons. The van der Waals surface area contributed by atoms with Crippen molar-refractivity contribution in [2.45, 2.75) is 45.8 Å². The summed E-state index contributed by atoms with van der Waals surface area (Å²) in [6.07, 6.45) is 0.858. The Morgan fingerprint density at radius 3 is 2.58 bits per heavy atom. The topological polar surface area (TPSA) is 145 Å². The Morgan fingerprint density at radius 1 is 1.29 bits per heavy atom. The summed E-state index contributed by atoms with van der Waals surface area (Å²) in [6.45, 7) is 6.19. The van der Waals surface area contributed by atoms with Crippen LogP contribution in [0.25, 0.3) is 5.69 Å². The van der Waals surface area contributed by atoms with Crippen LogP contribution in [0.1, 0.15) is 45.0 Å². The van der Waals surface area contributed by atoms with Gasteiger partial charge < -0.3 is 14.7 Å². The predicted molar refractivity (Wildman–Crippen MR) is 109 cm³/mol. The molecule has 2 aromatic rings. The lowest BCUT2D eigenvalue weighted by Gasteiger charge is -2.44. The molecule has 2 atom stereocenters. The molecule has 10 heteroatoms. The molecule has 2 aromatic heterocycles. The molecule has 0 aliphatic carbocycles. The number of carboxylic acid groups (broad SMARTS) is 1. The smallest absolute Gasteiger partial charge is 0.407 e. The van der Waals surface area contributed by atoms with Gasteiger partial charge in [-0.2, -0.15) is 15.2 Å². The Kier molecular flexibility index (Phi) is 5.93. The maximum absolute atomic E-state index is 12.6. The SMILES string of the molecule is CC(C)(C)C1CC(Oc2cc(=O)n(-c3ccc(C#N)nc3)nc2C#N)CCN1C(=O)O. The first-order chi connectivity index (χ1) is 14.6. The van der Waals surface area contributed by atoms with Gasteiger partial charge in [-0.05, 0) is 17.5 Å². The number of likely N-dealkylation sites (tertiary alicyclic amines) is 1. The average Bonchev–Trinajstić information content (AvgIpc) is 2.73. The molecule has 1 N–H and O–H groups in total. The van der Waals surface area contributed by atoms with E-state index in [4.69, 9.17) is 10.00 Å². The van der Waals surface area contributed by atoms with Gasteiger partial charge in [0.05, 0.1) is 18.0 Å². The number of carbonyl (C=O) groups is 1. The zero-order valence-electron chi connectivity index (χ0n) is 17.4. The van der Waals surface area contributed by atoms with Gasteiger partial charge in [0.15, 0.2) is 5.75 Å². The van der Waals surface area contributed by atoms with E-state index in [2.05, 4.69) is 10.1 Å². The lowest BCUT2D eigenvalue weighted by molar-refractivity contribution is 0.0127. The second-order valence-electron chi connectivity index (χ2n) is 8.35.